The quantitative estimate of drug-likeness (QED) is 0.204. The van der Waals surface area contributed by atoms with Crippen LogP contribution < -0.4 is 0 Å². The predicted molar refractivity (Wildman–Crippen MR) is 171 cm³/mol. The van der Waals surface area contributed by atoms with Crippen LogP contribution in [0.3, 0.4) is 0 Å². The Bertz CT molecular complexity index is 1070. The Morgan fingerprint density at radius 1 is 0.550 bits per heavy atom. The normalized spacial score (nSPS) is 9.70. The topological polar surface area (TPSA) is 69.3 Å². The van der Waals surface area contributed by atoms with Crippen molar-refractivity contribution in [3.63, 3.8) is 0 Å². The van der Waals surface area contributed by atoms with E-state index in [9.17, 15) is 0 Å². The number of aromatic nitrogens is 1. The van der Waals surface area contributed by atoms with Gasteiger partial charge in [0.25, 0.3) is 0 Å². The SMILES string of the molecule is C[N-]C.C[N-]C.Cc1ccc([N-]CC(C)(C[N-]c2ccc(C)cc2)c2ccccn2)cc1.Cc1ccccc1.[Ti+4]. The number of pyridine rings is 1. The molecule has 4 rings (SSSR count). The fourth-order valence-corrected chi connectivity index (χ4v) is 3.30. The van der Waals surface area contributed by atoms with E-state index in [0.717, 1.165) is 17.1 Å². The first-order valence-electron chi connectivity index (χ1n) is 13.1. The molecular weight excluding hydrogens is 526 g/mol. The minimum Gasteiger partial charge on any atom is -0.684 e. The van der Waals surface area contributed by atoms with Crippen LogP contribution >= 0.6 is 0 Å². The Labute approximate surface area is 258 Å². The van der Waals surface area contributed by atoms with E-state index in [1.807, 2.05) is 36.5 Å². The molecule has 4 aromatic rings. The first kappa shape index (κ1) is 37.0. The third-order valence-electron chi connectivity index (χ3n) is 5.51. The third-order valence-corrected chi connectivity index (χ3v) is 5.51. The summed E-state index contributed by atoms with van der Waals surface area (Å²) >= 11 is 0. The van der Waals surface area contributed by atoms with Crippen LogP contribution in [0.25, 0.3) is 21.3 Å². The summed E-state index contributed by atoms with van der Waals surface area (Å²) in [5, 5.41) is 16.6. The van der Waals surface area contributed by atoms with Gasteiger partial charge in [0.05, 0.1) is 0 Å². The number of rotatable bonds is 7. The Morgan fingerprint density at radius 2 is 0.925 bits per heavy atom. The summed E-state index contributed by atoms with van der Waals surface area (Å²) in [6.45, 7) is 9.72. The molecule has 5 nitrogen and oxygen atoms in total. The van der Waals surface area contributed by atoms with Crippen molar-refractivity contribution in [2.45, 2.75) is 33.1 Å². The minimum atomic E-state index is -0.253. The number of hydrogen-bond donors (Lipinski definition) is 0. The van der Waals surface area contributed by atoms with Crippen molar-refractivity contribution < 1.29 is 21.7 Å². The number of benzene rings is 3. The van der Waals surface area contributed by atoms with Crippen LogP contribution in [0.2, 0.25) is 0 Å². The Balaban J connectivity index is 0.000000905. The summed E-state index contributed by atoms with van der Waals surface area (Å²) in [5.74, 6) is 0. The maximum Gasteiger partial charge on any atom is 4.00 e. The summed E-state index contributed by atoms with van der Waals surface area (Å²) in [5.41, 5.74) is 6.56. The van der Waals surface area contributed by atoms with Crippen LogP contribution in [0.4, 0.5) is 11.4 Å². The van der Waals surface area contributed by atoms with Crippen molar-refractivity contribution in [1.29, 1.82) is 0 Å². The van der Waals surface area contributed by atoms with Crippen molar-refractivity contribution in [1.82, 2.24) is 4.98 Å². The average molecular weight is 572 g/mol. The minimum absolute atomic E-state index is 0. The van der Waals surface area contributed by atoms with Crippen LogP contribution in [-0.2, 0) is 27.1 Å². The maximum atomic E-state index is 4.82. The van der Waals surface area contributed by atoms with Gasteiger partial charge in [0.15, 0.2) is 0 Å². The Kier molecular flexibility index (Phi) is 20.2. The zero-order valence-corrected chi connectivity index (χ0v) is 27.0. The molecular formula is C34H45N5Ti. The van der Waals surface area contributed by atoms with E-state index >= 15 is 0 Å². The van der Waals surface area contributed by atoms with Gasteiger partial charge >= 0.3 is 21.7 Å². The van der Waals surface area contributed by atoms with Gasteiger partial charge in [-0.05, 0) is 38.3 Å². The Hall–Kier alpha value is -2.96. The van der Waals surface area contributed by atoms with Gasteiger partial charge < -0.3 is 21.3 Å². The zero-order valence-electron chi connectivity index (χ0n) is 25.5. The van der Waals surface area contributed by atoms with Crippen LogP contribution in [0.5, 0.6) is 0 Å². The molecule has 6 heteroatoms. The standard InChI is InChI=1S/C23H25N3.C7H8.2C2H6N.Ti/c1-18-7-11-20(12-8-18)25-16-23(3,22-6-4-5-15-24-22)17-26-21-13-9-19(2)10-14-21;1-7-5-3-2-4-6-7;2*1-3-2;/h4-15H,16-17H2,1-3H3;2-6H,1H3;2*1-2H3;/q-2;;2*-1;+4. The summed E-state index contributed by atoms with van der Waals surface area (Å²) in [7, 11) is 7.00. The van der Waals surface area contributed by atoms with Gasteiger partial charge in [-0.3, -0.25) is 4.98 Å². The van der Waals surface area contributed by atoms with E-state index in [-0.39, 0.29) is 27.1 Å². The van der Waals surface area contributed by atoms with Crippen molar-refractivity contribution in [2.24, 2.45) is 0 Å². The van der Waals surface area contributed by atoms with Gasteiger partial charge in [-0.2, -0.15) is 28.2 Å². The molecule has 210 valence electrons. The molecule has 0 aliphatic rings. The average Bonchev–Trinajstić information content (AvgIpc) is 2.95. The largest absolute Gasteiger partial charge is 4.00 e. The van der Waals surface area contributed by atoms with Crippen LogP contribution in [-0.4, -0.2) is 46.3 Å². The fourth-order valence-electron chi connectivity index (χ4n) is 3.30. The van der Waals surface area contributed by atoms with Gasteiger partial charge in [0.1, 0.15) is 0 Å². The molecule has 0 amide bonds. The molecule has 0 fully saturated rings. The summed E-state index contributed by atoms with van der Waals surface area (Å²) < 4.78 is 0. The maximum absolute atomic E-state index is 4.82. The van der Waals surface area contributed by atoms with Crippen molar-refractivity contribution in [3.05, 3.63) is 147 Å². The van der Waals surface area contributed by atoms with Gasteiger partial charge in [-0.15, -0.1) is 24.5 Å². The molecule has 0 unspecified atom stereocenters. The molecule has 0 aliphatic carbocycles. The van der Waals surface area contributed by atoms with Gasteiger partial charge in [0.2, 0.25) is 0 Å². The molecule has 0 spiro atoms. The van der Waals surface area contributed by atoms with Crippen LogP contribution in [0.1, 0.15) is 29.3 Å². The first-order valence-corrected chi connectivity index (χ1v) is 13.1. The van der Waals surface area contributed by atoms with E-state index in [1.165, 1.54) is 16.7 Å². The molecule has 40 heavy (non-hydrogen) atoms. The van der Waals surface area contributed by atoms with Crippen molar-refractivity contribution in [3.8, 4) is 0 Å². The number of nitrogens with zero attached hydrogens (tertiary/aromatic N) is 5. The molecule has 0 N–H and O–H groups in total. The van der Waals surface area contributed by atoms with Gasteiger partial charge in [-0.1, -0.05) is 109 Å². The molecule has 3 aromatic carbocycles. The molecule has 0 saturated heterocycles. The summed E-state index contributed by atoms with van der Waals surface area (Å²) in [6, 6.07) is 32.9. The third kappa shape index (κ3) is 15.6. The van der Waals surface area contributed by atoms with E-state index < -0.39 is 0 Å². The molecule has 0 bridgehead atoms. The number of aryl methyl sites for hydroxylation is 3. The summed E-state index contributed by atoms with van der Waals surface area (Å²) in [6.07, 6.45) is 1.84. The zero-order chi connectivity index (χ0) is 28.9. The predicted octanol–water partition coefficient (Wildman–Crippen LogP) is 9.60. The van der Waals surface area contributed by atoms with Crippen molar-refractivity contribution in [2.75, 3.05) is 41.3 Å². The second kappa shape index (κ2) is 21.8. The van der Waals surface area contributed by atoms with Gasteiger partial charge in [0, 0.05) is 11.9 Å². The fraction of sp³-hybridized carbons (Fsp3) is 0.324. The molecule has 0 saturated carbocycles. The molecule has 0 aliphatic heterocycles. The summed E-state index contributed by atoms with van der Waals surface area (Å²) in [4.78, 5) is 4.58. The molecule has 1 heterocycles. The molecule has 0 atom stereocenters. The van der Waals surface area contributed by atoms with Crippen LogP contribution in [0, 0.1) is 20.8 Å². The second-order valence-electron chi connectivity index (χ2n) is 9.63. The van der Waals surface area contributed by atoms with E-state index in [2.05, 4.69) is 110 Å². The second-order valence-corrected chi connectivity index (χ2v) is 9.63. The smallest absolute Gasteiger partial charge is 0.684 e. The monoisotopic (exact) mass is 571 g/mol. The van der Waals surface area contributed by atoms with E-state index in [4.69, 9.17) is 10.6 Å². The first-order chi connectivity index (χ1) is 18.8. The number of hydrogen-bond acceptors (Lipinski definition) is 1. The van der Waals surface area contributed by atoms with Crippen LogP contribution in [0.15, 0.2) is 103 Å². The van der Waals surface area contributed by atoms with E-state index in [1.54, 1.807) is 28.2 Å². The Morgan fingerprint density at radius 3 is 1.25 bits per heavy atom. The van der Waals surface area contributed by atoms with Gasteiger partial charge in [-0.25, -0.2) is 0 Å². The van der Waals surface area contributed by atoms with E-state index in [0.29, 0.717) is 13.1 Å². The van der Waals surface area contributed by atoms with Crippen molar-refractivity contribution >= 4 is 11.4 Å². The molecule has 1 aromatic heterocycles. The molecule has 0 radical (unpaired) electrons.